The largest absolute Gasteiger partial charge is 0.354 e. The van der Waals surface area contributed by atoms with Crippen LogP contribution in [0, 0.1) is 0 Å². The Morgan fingerprint density at radius 2 is 1.54 bits per heavy atom. The van der Waals surface area contributed by atoms with Gasteiger partial charge in [-0.3, -0.25) is 9.59 Å². The first-order chi connectivity index (χ1) is 12.5. The Morgan fingerprint density at radius 1 is 0.962 bits per heavy atom. The van der Waals surface area contributed by atoms with Gasteiger partial charge in [-0.15, -0.1) is 0 Å². The third-order valence-corrected chi connectivity index (χ3v) is 4.21. The van der Waals surface area contributed by atoms with Crippen LogP contribution in [-0.4, -0.2) is 43.4 Å². The lowest BCUT2D eigenvalue weighted by Crippen LogP contribution is -2.39. The van der Waals surface area contributed by atoms with Crippen LogP contribution in [0.15, 0.2) is 60.7 Å². The predicted molar refractivity (Wildman–Crippen MR) is 104 cm³/mol. The summed E-state index contributed by atoms with van der Waals surface area (Å²) in [6.45, 7) is 2.36. The van der Waals surface area contributed by atoms with Crippen molar-refractivity contribution >= 4 is 11.8 Å². The van der Waals surface area contributed by atoms with Gasteiger partial charge in [0.1, 0.15) is 0 Å². The minimum absolute atomic E-state index is 0.0753. The first-order valence-corrected chi connectivity index (χ1v) is 8.81. The van der Waals surface area contributed by atoms with Crippen molar-refractivity contribution in [2.75, 3.05) is 20.6 Å². The fourth-order valence-electron chi connectivity index (χ4n) is 2.78. The summed E-state index contributed by atoms with van der Waals surface area (Å²) in [6.07, 6.45) is 0.244. The van der Waals surface area contributed by atoms with E-state index in [4.69, 9.17) is 0 Å². The van der Waals surface area contributed by atoms with Crippen molar-refractivity contribution in [3.05, 3.63) is 71.8 Å². The Bertz CT molecular complexity index is 702. The molecule has 5 heteroatoms. The Balaban J connectivity index is 1.82. The van der Waals surface area contributed by atoms with E-state index in [9.17, 15) is 9.59 Å². The van der Waals surface area contributed by atoms with Gasteiger partial charge in [-0.25, -0.2) is 0 Å². The molecule has 0 saturated carbocycles. The topological polar surface area (TPSA) is 61.4 Å². The Kier molecular flexibility index (Phi) is 7.36. The quantitative estimate of drug-likeness (QED) is 0.767. The molecule has 0 heterocycles. The van der Waals surface area contributed by atoms with Crippen LogP contribution in [0.4, 0.5) is 0 Å². The van der Waals surface area contributed by atoms with Gasteiger partial charge in [0.2, 0.25) is 5.91 Å². The highest BCUT2D eigenvalue weighted by Crippen LogP contribution is 2.16. The number of carbonyl (C=O) groups excluding carboxylic acids is 2. The summed E-state index contributed by atoms with van der Waals surface area (Å²) in [6, 6.07) is 18.9. The molecule has 0 fully saturated rings. The lowest BCUT2D eigenvalue weighted by molar-refractivity contribution is -0.121. The van der Waals surface area contributed by atoms with Crippen LogP contribution in [0.3, 0.4) is 0 Å². The van der Waals surface area contributed by atoms with Gasteiger partial charge in [-0.2, -0.15) is 0 Å². The van der Waals surface area contributed by atoms with Gasteiger partial charge in [0, 0.05) is 24.6 Å². The van der Waals surface area contributed by atoms with Gasteiger partial charge in [0.15, 0.2) is 0 Å². The lowest BCUT2D eigenvalue weighted by Gasteiger charge is -2.25. The summed E-state index contributed by atoms with van der Waals surface area (Å²) in [7, 11) is 3.99. The van der Waals surface area contributed by atoms with Crippen molar-refractivity contribution in [2.45, 2.75) is 25.4 Å². The first kappa shape index (κ1) is 19.7. The summed E-state index contributed by atoms with van der Waals surface area (Å²) in [5.41, 5.74) is 1.75. The second-order valence-corrected chi connectivity index (χ2v) is 6.64. The van der Waals surface area contributed by atoms with Gasteiger partial charge in [-0.05, 0) is 38.7 Å². The highest BCUT2D eigenvalue weighted by molar-refractivity contribution is 5.94. The van der Waals surface area contributed by atoms with Crippen molar-refractivity contribution < 1.29 is 9.59 Å². The molecule has 2 aromatic carbocycles. The third kappa shape index (κ3) is 6.01. The normalized spacial score (nSPS) is 13.1. The molecular formula is C21H27N3O2. The number of nitrogens with zero attached hydrogens (tertiary/aromatic N) is 1. The maximum absolute atomic E-state index is 12.2. The highest BCUT2D eigenvalue weighted by atomic mass is 16.2. The number of likely N-dealkylation sites (N-methyl/N-ethyl adjacent to an activating group) is 1. The molecule has 0 aromatic heterocycles. The number of rotatable bonds is 8. The average molecular weight is 353 g/mol. The van der Waals surface area contributed by atoms with E-state index in [1.807, 2.05) is 57.4 Å². The molecule has 0 aliphatic heterocycles. The van der Waals surface area contributed by atoms with Crippen LogP contribution < -0.4 is 10.6 Å². The Morgan fingerprint density at radius 3 is 2.12 bits per heavy atom. The maximum atomic E-state index is 12.2. The Hall–Kier alpha value is -2.66. The average Bonchev–Trinajstić information content (AvgIpc) is 2.63. The second-order valence-electron chi connectivity index (χ2n) is 6.64. The number of carbonyl (C=O) groups is 2. The molecule has 0 aliphatic rings. The van der Waals surface area contributed by atoms with E-state index in [1.54, 1.807) is 12.1 Å². The second kappa shape index (κ2) is 9.73. The standard InChI is InChI=1S/C21H27N3O2/c1-16(23-21(26)18-12-8-5-9-13-18)14-20(25)22-15-19(24(2)3)17-10-6-4-7-11-17/h4-13,16,19H,14-15H2,1-3H3,(H,22,25)(H,23,26). The van der Waals surface area contributed by atoms with Gasteiger partial charge >= 0.3 is 0 Å². The number of nitrogens with one attached hydrogen (secondary N) is 2. The highest BCUT2D eigenvalue weighted by Gasteiger charge is 2.17. The summed E-state index contributed by atoms with van der Waals surface area (Å²) in [5.74, 6) is -0.241. The molecule has 138 valence electrons. The zero-order chi connectivity index (χ0) is 18.9. The number of hydrogen-bond acceptors (Lipinski definition) is 3. The van der Waals surface area contributed by atoms with Crippen molar-refractivity contribution in [3.8, 4) is 0 Å². The zero-order valence-corrected chi connectivity index (χ0v) is 15.6. The van der Waals surface area contributed by atoms with Crippen LogP contribution in [0.25, 0.3) is 0 Å². The summed E-state index contributed by atoms with van der Waals surface area (Å²) < 4.78 is 0. The van der Waals surface area contributed by atoms with Crippen LogP contribution in [0.5, 0.6) is 0 Å². The van der Waals surface area contributed by atoms with Crippen LogP contribution in [-0.2, 0) is 4.79 Å². The molecule has 2 unspecified atom stereocenters. The van der Waals surface area contributed by atoms with Crippen LogP contribution >= 0.6 is 0 Å². The SMILES string of the molecule is CC(CC(=O)NCC(c1ccccc1)N(C)C)NC(=O)c1ccccc1. The van der Waals surface area contributed by atoms with E-state index in [-0.39, 0.29) is 30.3 Å². The van der Waals surface area contributed by atoms with E-state index in [0.29, 0.717) is 12.1 Å². The molecule has 0 saturated heterocycles. The monoisotopic (exact) mass is 353 g/mol. The van der Waals surface area contributed by atoms with Gasteiger partial charge in [-0.1, -0.05) is 48.5 Å². The van der Waals surface area contributed by atoms with E-state index < -0.39 is 0 Å². The van der Waals surface area contributed by atoms with Crippen molar-refractivity contribution in [1.29, 1.82) is 0 Å². The molecule has 5 nitrogen and oxygen atoms in total. The van der Waals surface area contributed by atoms with Crippen molar-refractivity contribution in [3.63, 3.8) is 0 Å². The molecule has 0 bridgehead atoms. The fourth-order valence-corrected chi connectivity index (χ4v) is 2.78. The molecule has 2 atom stereocenters. The smallest absolute Gasteiger partial charge is 0.251 e. The molecule has 2 amide bonds. The number of amides is 2. The van der Waals surface area contributed by atoms with Crippen molar-refractivity contribution in [1.82, 2.24) is 15.5 Å². The van der Waals surface area contributed by atoms with Gasteiger partial charge in [0.05, 0.1) is 6.04 Å². The molecule has 2 aromatic rings. The molecule has 0 spiro atoms. The number of benzene rings is 2. The molecule has 0 radical (unpaired) electrons. The van der Waals surface area contributed by atoms with E-state index >= 15 is 0 Å². The summed E-state index contributed by atoms with van der Waals surface area (Å²) >= 11 is 0. The van der Waals surface area contributed by atoms with Crippen LogP contribution in [0.1, 0.15) is 35.3 Å². The van der Waals surface area contributed by atoms with Gasteiger partial charge < -0.3 is 15.5 Å². The minimum atomic E-state index is -0.239. The molecule has 26 heavy (non-hydrogen) atoms. The van der Waals surface area contributed by atoms with Crippen molar-refractivity contribution in [2.24, 2.45) is 0 Å². The first-order valence-electron chi connectivity index (χ1n) is 8.81. The number of hydrogen-bond donors (Lipinski definition) is 2. The minimum Gasteiger partial charge on any atom is -0.354 e. The molecule has 2 N–H and O–H groups in total. The van der Waals surface area contributed by atoms with E-state index in [0.717, 1.165) is 5.56 Å². The third-order valence-electron chi connectivity index (χ3n) is 4.21. The summed E-state index contributed by atoms with van der Waals surface area (Å²) in [4.78, 5) is 26.5. The Labute approximate surface area is 155 Å². The van der Waals surface area contributed by atoms with E-state index in [1.165, 1.54) is 0 Å². The molecule has 0 aliphatic carbocycles. The predicted octanol–water partition coefficient (Wildman–Crippen LogP) is 2.61. The molecular weight excluding hydrogens is 326 g/mol. The summed E-state index contributed by atoms with van der Waals surface area (Å²) in [5, 5.41) is 5.83. The maximum Gasteiger partial charge on any atom is 0.251 e. The zero-order valence-electron chi connectivity index (χ0n) is 15.6. The lowest BCUT2D eigenvalue weighted by atomic mass is 10.1. The van der Waals surface area contributed by atoms with Crippen LogP contribution in [0.2, 0.25) is 0 Å². The van der Waals surface area contributed by atoms with Gasteiger partial charge in [0.25, 0.3) is 5.91 Å². The molecule has 2 rings (SSSR count). The fraction of sp³-hybridized carbons (Fsp3) is 0.333. The van der Waals surface area contributed by atoms with E-state index in [2.05, 4.69) is 27.7 Å².